The van der Waals surface area contributed by atoms with Crippen molar-refractivity contribution in [2.24, 2.45) is 0 Å². The van der Waals surface area contributed by atoms with Gasteiger partial charge >= 0.3 is 5.97 Å². The van der Waals surface area contributed by atoms with E-state index in [1.807, 2.05) is 0 Å². The molecule has 0 unspecified atom stereocenters. The molecule has 0 aliphatic heterocycles. The van der Waals surface area contributed by atoms with Crippen LogP contribution in [-0.2, 0) is 9.53 Å². The maximum absolute atomic E-state index is 10.7. The second-order valence-electron chi connectivity index (χ2n) is 2.66. The smallest absolute Gasteiger partial charge is 0.343 e. The zero-order valence-electron chi connectivity index (χ0n) is 8.03. The number of ether oxygens (including phenoxy) is 2. The largest absolute Gasteiger partial charge is 0.482 e. The second-order valence-corrected chi connectivity index (χ2v) is 3.01. The summed E-state index contributed by atoms with van der Waals surface area (Å²) in [4.78, 5) is 21.5. The van der Waals surface area contributed by atoms with Gasteiger partial charge < -0.3 is 9.47 Å². The van der Waals surface area contributed by atoms with Gasteiger partial charge in [0, 0.05) is 5.56 Å². The number of carbonyl (C=O) groups is 2. The number of hydrogen-bond acceptors (Lipinski definition) is 4. The van der Waals surface area contributed by atoms with Crippen LogP contribution in [0.15, 0.2) is 24.3 Å². The van der Waals surface area contributed by atoms with Crippen LogP contribution in [0.4, 0.5) is 0 Å². The number of carbonyl (C=O) groups excluding carboxylic acids is 2. The molecule has 0 saturated carbocycles. The third-order valence-corrected chi connectivity index (χ3v) is 1.88. The summed E-state index contributed by atoms with van der Waals surface area (Å²) in [7, 11) is 1.28. The van der Waals surface area contributed by atoms with Gasteiger partial charge in [0.2, 0.25) is 0 Å². The van der Waals surface area contributed by atoms with Crippen LogP contribution in [-0.4, -0.2) is 24.9 Å². The Labute approximate surface area is 91.7 Å². The Morgan fingerprint density at radius 3 is 2.33 bits per heavy atom. The first-order valence-electron chi connectivity index (χ1n) is 4.13. The van der Waals surface area contributed by atoms with Gasteiger partial charge in [-0.25, -0.2) is 4.79 Å². The van der Waals surface area contributed by atoms with Crippen molar-refractivity contribution in [3.8, 4) is 5.75 Å². The van der Waals surface area contributed by atoms with Crippen LogP contribution in [0, 0.1) is 0 Å². The summed E-state index contributed by atoms with van der Waals surface area (Å²) in [6.45, 7) is -0.162. The number of rotatable bonds is 4. The van der Waals surface area contributed by atoms with E-state index in [0.29, 0.717) is 11.3 Å². The molecule has 1 rings (SSSR count). The molecule has 0 bridgehead atoms. The van der Waals surface area contributed by atoms with Gasteiger partial charge in [-0.1, -0.05) is 0 Å². The molecule has 5 heteroatoms. The molecule has 4 nitrogen and oxygen atoms in total. The minimum absolute atomic E-state index is 0.162. The zero-order chi connectivity index (χ0) is 11.3. The Balaban J connectivity index is 2.57. The van der Waals surface area contributed by atoms with E-state index in [9.17, 15) is 9.59 Å². The number of hydrogen-bond donors (Lipinski definition) is 0. The molecule has 0 heterocycles. The Kier molecular flexibility index (Phi) is 4.12. The van der Waals surface area contributed by atoms with Crippen LogP contribution < -0.4 is 4.74 Å². The van der Waals surface area contributed by atoms with Crippen molar-refractivity contribution < 1.29 is 19.1 Å². The highest BCUT2D eigenvalue weighted by Gasteiger charge is 2.03. The van der Waals surface area contributed by atoms with Crippen molar-refractivity contribution >= 4 is 22.8 Å². The summed E-state index contributed by atoms with van der Waals surface area (Å²) in [6.07, 6.45) is 0. The van der Waals surface area contributed by atoms with Crippen LogP contribution in [0.1, 0.15) is 10.4 Å². The standard InChI is InChI=1S/C10H9ClO4/c1-14-9(12)6-15-8-4-2-7(3-5-8)10(11)13/h2-5H,6H2,1H3. The molecule has 0 amide bonds. The second kappa shape index (κ2) is 5.36. The van der Waals surface area contributed by atoms with Crippen LogP contribution in [0.3, 0.4) is 0 Å². The maximum Gasteiger partial charge on any atom is 0.343 e. The summed E-state index contributed by atoms with van der Waals surface area (Å²) < 4.78 is 9.46. The van der Waals surface area contributed by atoms with Gasteiger partial charge in [0.1, 0.15) is 5.75 Å². The van der Waals surface area contributed by atoms with Crippen molar-refractivity contribution in [2.75, 3.05) is 13.7 Å². The quantitative estimate of drug-likeness (QED) is 0.581. The molecule has 15 heavy (non-hydrogen) atoms. The average Bonchev–Trinajstić information content (AvgIpc) is 2.26. The highest BCUT2D eigenvalue weighted by Crippen LogP contribution is 2.13. The summed E-state index contributed by atoms with van der Waals surface area (Å²) >= 11 is 5.25. The zero-order valence-corrected chi connectivity index (χ0v) is 8.78. The van der Waals surface area contributed by atoms with Gasteiger partial charge in [0.25, 0.3) is 5.24 Å². The molecule has 0 aromatic heterocycles. The third-order valence-electron chi connectivity index (χ3n) is 1.67. The Morgan fingerprint density at radius 1 is 1.27 bits per heavy atom. The third kappa shape index (κ3) is 3.59. The lowest BCUT2D eigenvalue weighted by Gasteiger charge is -2.04. The highest BCUT2D eigenvalue weighted by molar-refractivity contribution is 6.67. The number of methoxy groups -OCH3 is 1. The molecule has 0 aliphatic rings. The molecular formula is C10H9ClO4. The van der Waals surface area contributed by atoms with E-state index < -0.39 is 11.2 Å². The molecule has 0 N–H and O–H groups in total. The molecule has 1 aromatic rings. The topological polar surface area (TPSA) is 52.6 Å². The predicted molar refractivity (Wildman–Crippen MR) is 54.1 cm³/mol. The van der Waals surface area contributed by atoms with Gasteiger partial charge in [0.05, 0.1) is 7.11 Å². The molecule has 0 saturated heterocycles. The van der Waals surface area contributed by atoms with Crippen molar-refractivity contribution in [3.05, 3.63) is 29.8 Å². The average molecular weight is 229 g/mol. The first-order chi connectivity index (χ1) is 7.13. The first kappa shape index (κ1) is 11.5. The van der Waals surface area contributed by atoms with Gasteiger partial charge in [0.15, 0.2) is 6.61 Å². The summed E-state index contributed by atoms with van der Waals surface area (Å²) in [5.41, 5.74) is 0.377. The molecular weight excluding hydrogens is 220 g/mol. The van der Waals surface area contributed by atoms with Gasteiger partial charge in [-0.3, -0.25) is 4.79 Å². The fraction of sp³-hybridized carbons (Fsp3) is 0.200. The summed E-state index contributed by atoms with van der Waals surface area (Å²) in [5.74, 6) is 0.00885. The fourth-order valence-electron chi connectivity index (χ4n) is 0.883. The number of benzene rings is 1. The first-order valence-corrected chi connectivity index (χ1v) is 4.51. The van der Waals surface area contributed by atoms with Crippen LogP contribution in [0.5, 0.6) is 5.75 Å². The Morgan fingerprint density at radius 2 is 1.87 bits per heavy atom. The number of halogens is 1. The van der Waals surface area contributed by atoms with Gasteiger partial charge in [-0.2, -0.15) is 0 Å². The van der Waals surface area contributed by atoms with Gasteiger partial charge in [-0.15, -0.1) is 0 Å². The van der Waals surface area contributed by atoms with Crippen LogP contribution >= 0.6 is 11.6 Å². The SMILES string of the molecule is COC(=O)COc1ccc(C(=O)Cl)cc1. The molecule has 0 radical (unpaired) electrons. The molecule has 0 aliphatic carbocycles. The molecule has 0 atom stereocenters. The lowest BCUT2D eigenvalue weighted by atomic mass is 10.2. The Bertz CT molecular complexity index is 358. The maximum atomic E-state index is 10.7. The van der Waals surface area contributed by atoms with E-state index in [2.05, 4.69) is 4.74 Å². The van der Waals surface area contributed by atoms with Crippen LogP contribution in [0.2, 0.25) is 0 Å². The monoisotopic (exact) mass is 228 g/mol. The van der Waals surface area contributed by atoms with E-state index >= 15 is 0 Å². The van der Waals surface area contributed by atoms with E-state index in [1.165, 1.54) is 19.2 Å². The van der Waals surface area contributed by atoms with E-state index in [1.54, 1.807) is 12.1 Å². The fourth-order valence-corrected chi connectivity index (χ4v) is 1.01. The molecule has 0 fully saturated rings. The van der Waals surface area contributed by atoms with Crippen molar-refractivity contribution in [2.45, 2.75) is 0 Å². The van der Waals surface area contributed by atoms with Crippen molar-refractivity contribution in [1.29, 1.82) is 0 Å². The van der Waals surface area contributed by atoms with E-state index in [-0.39, 0.29) is 6.61 Å². The predicted octanol–water partition coefficient (Wildman–Crippen LogP) is 1.62. The summed E-state index contributed by atoms with van der Waals surface area (Å²) in [5, 5.41) is -0.533. The van der Waals surface area contributed by atoms with Crippen molar-refractivity contribution in [3.63, 3.8) is 0 Å². The minimum atomic E-state index is -0.533. The minimum Gasteiger partial charge on any atom is -0.482 e. The highest BCUT2D eigenvalue weighted by atomic mass is 35.5. The molecule has 0 spiro atoms. The normalized spacial score (nSPS) is 9.47. The number of esters is 1. The lowest BCUT2D eigenvalue weighted by Crippen LogP contribution is -2.12. The Hall–Kier alpha value is -1.55. The van der Waals surface area contributed by atoms with Crippen LogP contribution in [0.25, 0.3) is 0 Å². The van der Waals surface area contributed by atoms with E-state index in [0.717, 1.165) is 0 Å². The van der Waals surface area contributed by atoms with Gasteiger partial charge in [-0.05, 0) is 35.9 Å². The molecule has 80 valence electrons. The van der Waals surface area contributed by atoms with Crippen molar-refractivity contribution in [1.82, 2.24) is 0 Å². The summed E-state index contributed by atoms with van der Waals surface area (Å²) in [6, 6.07) is 6.14. The van der Waals surface area contributed by atoms with E-state index in [4.69, 9.17) is 16.3 Å². The lowest BCUT2D eigenvalue weighted by molar-refractivity contribution is -0.142. The molecule has 1 aromatic carbocycles.